The Hall–Kier alpha value is -3.58. The Balaban J connectivity index is 1.58. The molecular weight excluding hydrogens is 454 g/mol. The van der Waals surface area contributed by atoms with E-state index in [1.54, 1.807) is 29.2 Å². The molecule has 9 nitrogen and oxygen atoms in total. The fraction of sp³-hybridized carbons (Fsp3) is 0.375. The molecule has 178 valence electrons. The zero-order chi connectivity index (χ0) is 24.5. The number of pyridine rings is 1. The second-order valence-electron chi connectivity index (χ2n) is 9.18. The summed E-state index contributed by atoms with van der Waals surface area (Å²) in [5.41, 5.74) is 0.576. The largest absolute Gasteiger partial charge is 0.444 e. The van der Waals surface area contributed by atoms with Gasteiger partial charge in [0.15, 0.2) is 5.65 Å². The van der Waals surface area contributed by atoms with Gasteiger partial charge in [-0.1, -0.05) is 18.2 Å². The molecule has 3 aromatic rings. The van der Waals surface area contributed by atoms with Gasteiger partial charge in [-0.05, 0) is 51.8 Å². The van der Waals surface area contributed by atoms with Gasteiger partial charge in [0, 0.05) is 36.9 Å². The third-order valence-electron chi connectivity index (χ3n) is 5.58. The molecule has 1 aliphatic heterocycles. The molecule has 34 heavy (non-hydrogen) atoms. The summed E-state index contributed by atoms with van der Waals surface area (Å²) in [6.07, 6.45) is 3.86. The molecule has 0 unspecified atom stereocenters. The maximum atomic E-state index is 13.2. The van der Waals surface area contributed by atoms with Crippen LogP contribution in [-0.2, 0) is 14.8 Å². The summed E-state index contributed by atoms with van der Waals surface area (Å²) in [6.45, 7) is 14.1. The summed E-state index contributed by atoms with van der Waals surface area (Å²) in [4.78, 5) is 22.1. The molecule has 1 N–H and O–H groups in total. The van der Waals surface area contributed by atoms with Crippen LogP contribution in [0.1, 0.15) is 33.6 Å². The van der Waals surface area contributed by atoms with Crippen LogP contribution in [0.5, 0.6) is 0 Å². The van der Waals surface area contributed by atoms with Gasteiger partial charge in [-0.25, -0.2) is 27.0 Å². The predicted octanol–water partition coefficient (Wildman–Crippen LogP) is 4.64. The number of ether oxygens (including phenoxy) is 1. The quantitative estimate of drug-likeness (QED) is 0.546. The highest BCUT2D eigenvalue weighted by Crippen LogP contribution is 2.35. The van der Waals surface area contributed by atoms with E-state index in [0.29, 0.717) is 42.7 Å². The first-order chi connectivity index (χ1) is 16.1. The molecule has 0 saturated carbocycles. The number of rotatable bonds is 4. The van der Waals surface area contributed by atoms with Crippen molar-refractivity contribution in [2.24, 2.45) is 0 Å². The molecule has 0 bridgehead atoms. The number of benzene rings is 1. The van der Waals surface area contributed by atoms with E-state index >= 15 is 0 Å². The number of hydrogen-bond donors (Lipinski definition) is 1. The minimum atomic E-state index is -3.83. The number of amides is 1. The fourth-order valence-corrected chi connectivity index (χ4v) is 5.25. The minimum absolute atomic E-state index is 0.0128. The van der Waals surface area contributed by atoms with E-state index in [0.717, 1.165) is 3.97 Å². The summed E-state index contributed by atoms with van der Waals surface area (Å²) in [5, 5.41) is 3.97. The first kappa shape index (κ1) is 23.6. The smallest absolute Gasteiger partial charge is 0.410 e. The summed E-state index contributed by atoms with van der Waals surface area (Å²) < 4.78 is 32.9. The topological polar surface area (TPSA) is 97.9 Å². The first-order valence-corrected chi connectivity index (χ1v) is 12.5. The lowest BCUT2D eigenvalue weighted by Gasteiger charge is -2.34. The Labute approximate surface area is 199 Å². The van der Waals surface area contributed by atoms with E-state index < -0.39 is 15.6 Å². The Morgan fingerprint density at radius 2 is 1.85 bits per heavy atom. The van der Waals surface area contributed by atoms with Crippen molar-refractivity contribution in [1.29, 1.82) is 0 Å². The van der Waals surface area contributed by atoms with Gasteiger partial charge in [0.1, 0.15) is 5.60 Å². The number of hydrogen-bond acceptors (Lipinski definition) is 6. The molecule has 0 aliphatic carbocycles. The molecule has 1 amide bonds. The molecule has 2 aromatic heterocycles. The van der Waals surface area contributed by atoms with Gasteiger partial charge in [-0.3, -0.25) is 0 Å². The zero-order valence-electron chi connectivity index (χ0n) is 19.4. The molecular formula is C24H27N5O4S. The Kier molecular flexibility index (Phi) is 6.23. The van der Waals surface area contributed by atoms with Crippen LogP contribution in [0.15, 0.2) is 53.7 Å². The maximum absolute atomic E-state index is 13.2. The monoisotopic (exact) mass is 481 g/mol. The standard InChI is InChI=1S/C24H27N5O4S/c1-24(2,3)33-23(30)28-13-10-17(11-14-28)27-21-19-12-15-29(22(19)26-16-20(21)25-4)34(31,32)18-8-6-5-7-9-18/h5-9,12,15-17H,10-11,13-14H2,1-3H3,(H,26,27). The predicted molar refractivity (Wildman–Crippen MR) is 129 cm³/mol. The van der Waals surface area contributed by atoms with Gasteiger partial charge >= 0.3 is 6.09 Å². The van der Waals surface area contributed by atoms with E-state index in [2.05, 4.69) is 15.1 Å². The van der Waals surface area contributed by atoms with E-state index in [1.165, 1.54) is 24.5 Å². The number of nitrogens with zero attached hydrogens (tertiary/aromatic N) is 4. The Morgan fingerprint density at radius 3 is 2.47 bits per heavy atom. The number of nitrogens with one attached hydrogen (secondary N) is 1. The average molecular weight is 482 g/mol. The number of anilines is 1. The van der Waals surface area contributed by atoms with Gasteiger partial charge in [-0.2, -0.15) is 0 Å². The van der Waals surface area contributed by atoms with Crippen LogP contribution < -0.4 is 5.32 Å². The molecule has 10 heteroatoms. The van der Waals surface area contributed by atoms with E-state index in [4.69, 9.17) is 11.3 Å². The Morgan fingerprint density at radius 1 is 1.18 bits per heavy atom. The van der Waals surface area contributed by atoms with Crippen molar-refractivity contribution in [3.63, 3.8) is 0 Å². The van der Waals surface area contributed by atoms with Crippen molar-refractivity contribution in [3.05, 3.63) is 60.2 Å². The van der Waals surface area contributed by atoms with Crippen LogP contribution in [0.2, 0.25) is 0 Å². The molecule has 0 atom stereocenters. The summed E-state index contributed by atoms with van der Waals surface area (Å²) >= 11 is 0. The molecule has 0 spiro atoms. The number of carbonyl (C=O) groups excluding carboxylic acids is 1. The first-order valence-electron chi connectivity index (χ1n) is 11.0. The molecule has 3 heterocycles. The lowest BCUT2D eigenvalue weighted by atomic mass is 10.0. The second kappa shape index (κ2) is 8.99. The normalized spacial score (nSPS) is 15.2. The van der Waals surface area contributed by atoms with Crippen LogP contribution in [0.4, 0.5) is 16.2 Å². The third kappa shape index (κ3) is 4.70. The molecule has 1 saturated heterocycles. The van der Waals surface area contributed by atoms with Crippen molar-refractivity contribution in [2.45, 2.75) is 50.2 Å². The van der Waals surface area contributed by atoms with Crippen molar-refractivity contribution in [1.82, 2.24) is 13.9 Å². The highest BCUT2D eigenvalue weighted by atomic mass is 32.2. The number of aromatic nitrogens is 2. The highest BCUT2D eigenvalue weighted by Gasteiger charge is 2.28. The summed E-state index contributed by atoms with van der Waals surface area (Å²) in [5.74, 6) is 0. The number of piperidine rings is 1. The molecule has 4 rings (SSSR count). The van der Waals surface area contributed by atoms with Crippen LogP contribution >= 0.6 is 0 Å². The zero-order valence-corrected chi connectivity index (χ0v) is 20.2. The molecule has 0 radical (unpaired) electrons. The average Bonchev–Trinajstić information content (AvgIpc) is 3.25. The lowest BCUT2D eigenvalue weighted by molar-refractivity contribution is 0.0210. The van der Waals surface area contributed by atoms with Crippen LogP contribution in [0.3, 0.4) is 0 Å². The minimum Gasteiger partial charge on any atom is -0.444 e. The molecule has 1 aliphatic rings. The Bertz CT molecular complexity index is 1350. The third-order valence-corrected chi connectivity index (χ3v) is 7.26. The number of likely N-dealkylation sites (tertiary alicyclic amines) is 1. The van der Waals surface area contributed by atoms with Gasteiger partial charge in [-0.15, -0.1) is 0 Å². The molecule has 1 fully saturated rings. The highest BCUT2D eigenvalue weighted by molar-refractivity contribution is 7.90. The molecule has 1 aromatic carbocycles. The van der Waals surface area contributed by atoms with E-state index in [1.807, 2.05) is 20.8 Å². The van der Waals surface area contributed by atoms with E-state index in [9.17, 15) is 13.2 Å². The maximum Gasteiger partial charge on any atom is 0.410 e. The van der Waals surface area contributed by atoms with Crippen molar-refractivity contribution in [2.75, 3.05) is 18.4 Å². The van der Waals surface area contributed by atoms with Crippen LogP contribution in [0, 0.1) is 6.57 Å². The lowest BCUT2D eigenvalue weighted by Crippen LogP contribution is -2.44. The van der Waals surface area contributed by atoms with Gasteiger partial charge in [0.05, 0.1) is 17.2 Å². The van der Waals surface area contributed by atoms with Crippen molar-refractivity contribution >= 4 is 38.5 Å². The number of fused-ring (bicyclic) bond motifs is 1. The van der Waals surface area contributed by atoms with Crippen LogP contribution in [-0.4, -0.2) is 53.1 Å². The van der Waals surface area contributed by atoms with Crippen LogP contribution in [0.25, 0.3) is 15.9 Å². The van der Waals surface area contributed by atoms with Gasteiger partial charge < -0.3 is 15.0 Å². The second-order valence-corrected chi connectivity index (χ2v) is 11.0. The summed E-state index contributed by atoms with van der Waals surface area (Å²) in [6, 6.07) is 9.83. The summed E-state index contributed by atoms with van der Waals surface area (Å²) in [7, 11) is -3.83. The van der Waals surface area contributed by atoms with Crippen molar-refractivity contribution in [3.8, 4) is 0 Å². The van der Waals surface area contributed by atoms with E-state index in [-0.39, 0.29) is 22.7 Å². The number of carbonyl (C=O) groups is 1. The fourth-order valence-electron chi connectivity index (χ4n) is 3.93. The van der Waals surface area contributed by atoms with Gasteiger partial charge in [0.2, 0.25) is 5.69 Å². The van der Waals surface area contributed by atoms with Gasteiger partial charge in [0.25, 0.3) is 10.0 Å². The SMILES string of the molecule is [C-]#[N+]c1cnc2c(ccn2S(=O)(=O)c2ccccc2)c1NC1CCN(C(=O)OC(C)(C)C)CC1. The van der Waals surface area contributed by atoms with Crippen molar-refractivity contribution < 1.29 is 17.9 Å².